The number of benzene rings is 1. The first-order valence-electron chi connectivity index (χ1n) is 5.06. The van der Waals surface area contributed by atoms with Crippen LogP contribution in [0.4, 0.5) is 0 Å². The van der Waals surface area contributed by atoms with Crippen molar-refractivity contribution in [1.82, 2.24) is 0 Å². The van der Waals surface area contributed by atoms with Gasteiger partial charge in [-0.05, 0) is 25.0 Å². The third kappa shape index (κ3) is 3.92. The molecule has 0 fully saturated rings. The van der Waals surface area contributed by atoms with Crippen LogP contribution in [0, 0.1) is 0 Å². The molecule has 1 rings (SSSR count). The molecule has 0 bridgehead atoms. The van der Waals surface area contributed by atoms with Crippen LogP contribution in [0.2, 0.25) is 0 Å². The van der Waals surface area contributed by atoms with Crippen LogP contribution in [-0.4, -0.2) is 18.3 Å². The van der Waals surface area contributed by atoms with E-state index in [9.17, 15) is 4.79 Å². The summed E-state index contributed by atoms with van der Waals surface area (Å²) in [7, 11) is 0. The molecular weight excluding hydrogens is 212 g/mol. The number of carbonyl (C=O) groups excluding carboxylic acids is 1. The summed E-state index contributed by atoms with van der Waals surface area (Å²) in [6.45, 7) is 2.58. The lowest BCUT2D eigenvalue weighted by atomic mass is 10.1. The van der Waals surface area contributed by atoms with Crippen LogP contribution in [-0.2, 0) is 11.2 Å². The van der Waals surface area contributed by atoms with Crippen LogP contribution < -0.4 is 4.74 Å². The Morgan fingerprint density at radius 1 is 1.40 bits per heavy atom. The summed E-state index contributed by atoms with van der Waals surface area (Å²) in [5.41, 5.74) is 1.07. The van der Waals surface area contributed by atoms with Crippen LogP contribution in [0.15, 0.2) is 24.3 Å². The molecule has 15 heavy (non-hydrogen) atoms. The van der Waals surface area contributed by atoms with Crippen molar-refractivity contribution in [3.63, 3.8) is 0 Å². The third-order valence-electron chi connectivity index (χ3n) is 2.09. The fourth-order valence-corrected chi connectivity index (χ4v) is 1.48. The van der Waals surface area contributed by atoms with Crippen molar-refractivity contribution in [2.75, 3.05) is 12.5 Å². The van der Waals surface area contributed by atoms with Gasteiger partial charge in [-0.15, -0.1) is 11.6 Å². The predicted molar refractivity (Wildman–Crippen MR) is 61.7 cm³/mol. The molecule has 0 unspecified atom stereocenters. The van der Waals surface area contributed by atoms with Gasteiger partial charge in [-0.3, -0.25) is 4.79 Å². The molecule has 0 heterocycles. The van der Waals surface area contributed by atoms with Crippen molar-refractivity contribution in [2.24, 2.45) is 0 Å². The monoisotopic (exact) mass is 226 g/mol. The topological polar surface area (TPSA) is 26.3 Å². The molecule has 0 spiro atoms. The Labute approximate surface area is 95.2 Å². The van der Waals surface area contributed by atoms with Gasteiger partial charge < -0.3 is 4.74 Å². The number of hydrogen-bond donors (Lipinski definition) is 0. The molecule has 2 nitrogen and oxygen atoms in total. The normalized spacial score (nSPS) is 10.0. The van der Waals surface area contributed by atoms with E-state index in [4.69, 9.17) is 16.3 Å². The molecule has 0 aromatic heterocycles. The summed E-state index contributed by atoms with van der Waals surface area (Å²) < 4.78 is 5.46. The van der Waals surface area contributed by atoms with Gasteiger partial charge in [0, 0.05) is 6.42 Å². The maximum absolute atomic E-state index is 11.1. The highest BCUT2D eigenvalue weighted by molar-refractivity contribution is 6.27. The largest absolute Gasteiger partial charge is 0.494 e. The molecule has 1 aromatic rings. The number of halogens is 1. The van der Waals surface area contributed by atoms with Gasteiger partial charge in [0.2, 0.25) is 0 Å². The minimum Gasteiger partial charge on any atom is -0.494 e. The highest BCUT2D eigenvalue weighted by Gasteiger charge is 2.05. The summed E-state index contributed by atoms with van der Waals surface area (Å²) in [5.74, 6) is 1.03. The number of carbonyl (C=O) groups is 1. The zero-order valence-corrected chi connectivity index (χ0v) is 9.59. The van der Waals surface area contributed by atoms with E-state index in [0.717, 1.165) is 11.3 Å². The first-order valence-corrected chi connectivity index (χ1v) is 5.59. The van der Waals surface area contributed by atoms with Gasteiger partial charge in [0.25, 0.3) is 0 Å². The molecule has 0 atom stereocenters. The highest BCUT2D eigenvalue weighted by Crippen LogP contribution is 2.19. The maximum atomic E-state index is 11.1. The first kappa shape index (κ1) is 12.1. The van der Waals surface area contributed by atoms with Gasteiger partial charge in [-0.1, -0.05) is 18.2 Å². The van der Waals surface area contributed by atoms with E-state index in [1.165, 1.54) is 0 Å². The summed E-state index contributed by atoms with van der Waals surface area (Å²) in [6.07, 6.45) is 1.18. The first-order chi connectivity index (χ1) is 7.27. The van der Waals surface area contributed by atoms with E-state index in [0.29, 0.717) is 19.4 Å². The molecule has 0 aliphatic heterocycles. The Hall–Kier alpha value is -1.02. The van der Waals surface area contributed by atoms with Gasteiger partial charge in [0.15, 0.2) is 0 Å². The smallest absolute Gasteiger partial charge is 0.147 e. The second-order valence-electron chi connectivity index (χ2n) is 3.21. The van der Waals surface area contributed by atoms with E-state index < -0.39 is 0 Å². The lowest BCUT2D eigenvalue weighted by Crippen LogP contribution is -2.03. The summed E-state index contributed by atoms with van der Waals surface area (Å²) in [6, 6.07) is 7.78. The quantitative estimate of drug-likeness (QED) is 0.698. The maximum Gasteiger partial charge on any atom is 0.147 e. The molecule has 0 radical (unpaired) electrons. The van der Waals surface area contributed by atoms with Crippen LogP contribution in [0.3, 0.4) is 0 Å². The number of aryl methyl sites for hydroxylation is 1. The molecule has 82 valence electrons. The number of ether oxygens (including phenoxy) is 1. The minimum atomic E-state index is 0.0722. The zero-order chi connectivity index (χ0) is 11.1. The zero-order valence-electron chi connectivity index (χ0n) is 8.83. The molecule has 1 aromatic carbocycles. The standard InChI is InChI=1S/C12H15ClO2/c1-2-15-12-6-4-3-5-10(12)7-8-11(14)9-13/h3-6H,2,7-9H2,1H3. The number of rotatable bonds is 6. The van der Waals surface area contributed by atoms with Crippen molar-refractivity contribution >= 4 is 17.4 Å². The summed E-state index contributed by atoms with van der Waals surface area (Å²) >= 11 is 5.44. The van der Waals surface area contributed by atoms with Crippen LogP contribution >= 0.6 is 11.6 Å². The number of hydrogen-bond acceptors (Lipinski definition) is 2. The molecule has 0 N–H and O–H groups in total. The number of ketones is 1. The second kappa shape index (κ2) is 6.46. The van der Waals surface area contributed by atoms with E-state index >= 15 is 0 Å². The number of Topliss-reactive ketones (excluding diaryl/α,β-unsaturated/α-hetero) is 1. The Morgan fingerprint density at radius 2 is 2.13 bits per heavy atom. The van der Waals surface area contributed by atoms with Gasteiger partial charge >= 0.3 is 0 Å². The van der Waals surface area contributed by atoms with Crippen molar-refractivity contribution < 1.29 is 9.53 Å². The van der Waals surface area contributed by atoms with Crippen LogP contribution in [0.1, 0.15) is 18.9 Å². The van der Waals surface area contributed by atoms with E-state index in [-0.39, 0.29) is 11.7 Å². The third-order valence-corrected chi connectivity index (χ3v) is 2.39. The SMILES string of the molecule is CCOc1ccccc1CCC(=O)CCl. The van der Waals surface area contributed by atoms with Gasteiger partial charge in [0.05, 0.1) is 12.5 Å². The van der Waals surface area contributed by atoms with E-state index in [2.05, 4.69) is 0 Å². The van der Waals surface area contributed by atoms with Crippen molar-refractivity contribution in [3.8, 4) is 5.75 Å². The van der Waals surface area contributed by atoms with Crippen molar-refractivity contribution in [2.45, 2.75) is 19.8 Å². The summed E-state index contributed by atoms with van der Waals surface area (Å²) in [4.78, 5) is 11.1. The van der Waals surface area contributed by atoms with Crippen LogP contribution in [0.5, 0.6) is 5.75 Å². The van der Waals surface area contributed by atoms with Gasteiger partial charge in [-0.25, -0.2) is 0 Å². The van der Waals surface area contributed by atoms with Crippen molar-refractivity contribution in [1.29, 1.82) is 0 Å². The van der Waals surface area contributed by atoms with E-state index in [1.807, 2.05) is 31.2 Å². The average molecular weight is 227 g/mol. The Morgan fingerprint density at radius 3 is 2.80 bits per heavy atom. The Balaban J connectivity index is 2.62. The van der Waals surface area contributed by atoms with Gasteiger partial charge in [0.1, 0.15) is 11.5 Å². The fourth-order valence-electron chi connectivity index (χ4n) is 1.35. The summed E-state index contributed by atoms with van der Waals surface area (Å²) in [5, 5.41) is 0. The molecule has 0 saturated carbocycles. The minimum absolute atomic E-state index is 0.0722. The molecular formula is C12H15ClO2. The number of alkyl halides is 1. The average Bonchev–Trinajstić information content (AvgIpc) is 2.28. The lowest BCUT2D eigenvalue weighted by molar-refractivity contribution is -0.116. The fraction of sp³-hybridized carbons (Fsp3) is 0.417. The second-order valence-corrected chi connectivity index (χ2v) is 3.48. The lowest BCUT2D eigenvalue weighted by Gasteiger charge is -2.08. The Kier molecular flexibility index (Phi) is 5.19. The van der Waals surface area contributed by atoms with E-state index in [1.54, 1.807) is 0 Å². The van der Waals surface area contributed by atoms with Gasteiger partial charge in [-0.2, -0.15) is 0 Å². The molecule has 0 amide bonds. The number of para-hydroxylation sites is 1. The highest BCUT2D eigenvalue weighted by atomic mass is 35.5. The molecule has 0 saturated heterocycles. The van der Waals surface area contributed by atoms with Crippen molar-refractivity contribution in [3.05, 3.63) is 29.8 Å². The van der Waals surface area contributed by atoms with Crippen LogP contribution in [0.25, 0.3) is 0 Å². The molecule has 3 heteroatoms. The molecule has 0 aliphatic carbocycles. The Bertz CT molecular complexity index is 323. The predicted octanol–water partition coefficient (Wildman–Crippen LogP) is 2.83. The molecule has 0 aliphatic rings.